The first-order valence-electron chi connectivity index (χ1n) is 8.29. The summed E-state index contributed by atoms with van der Waals surface area (Å²) >= 11 is 0. The van der Waals surface area contributed by atoms with E-state index >= 15 is 0 Å². The van der Waals surface area contributed by atoms with Crippen LogP contribution in [-0.4, -0.2) is 28.8 Å². The third-order valence-electron chi connectivity index (χ3n) is 4.06. The molecule has 126 valence electrons. The number of carbonyl (C=O) groups excluding carboxylic acids is 1. The summed E-state index contributed by atoms with van der Waals surface area (Å²) in [6, 6.07) is 8.78. The first-order valence-corrected chi connectivity index (χ1v) is 8.29. The van der Waals surface area contributed by atoms with E-state index in [4.69, 9.17) is 4.74 Å². The summed E-state index contributed by atoms with van der Waals surface area (Å²) in [5.41, 5.74) is 2.45. The Morgan fingerprint density at radius 2 is 2.17 bits per heavy atom. The van der Waals surface area contributed by atoms with E-state index in [1.807, 2.05) is 13.0 Å². The molecule has 0 bridgehead atoms. The first-order chi connectivity index (χ1) is 11.7. The molecule has 1 aliphatic rings. The summed E-state index contributed by atoms with van der Waals surface area (Å²) in [6.07, 6.45) is 2.91. The van der Waals surface area contributed by atoms with Gasteiger partial charge in [0.05, 0.1) is 24.4 Å². The molecular formula is C18H21N3O3. The van der Waals surface area contributed by atoms with E-state index in [1.54, 1.807) is 24.3 Å². The molecule has 0 aliphatic heterocycles. The normalized spacial score (nSPS) is 12.7. The van der Waals surface area contributed by atoms with Crippen molar-refractivity contribution < 1.29 is 9.53 Å². The molecule has 0 atom stereocenters. The van der Waals surface area contributed by atoms with Gasteiger partial charge in [-0.3, -0.25) is 9.59 Å². The summed E-state index contributed by atoms with van der Waals surface area (Å²) in [5.74, 6) is 0.346. The van der Waals surface area contributed by atoms with Crippen molar-refractivity contribution in [1.82, 2.24) is 15.1 Å². The number of ether oxygens (including phenoxy) is 1. The van der Waals surface area contributed by atoms with Crippen molar-refractivity contribution in [2.75, 3.05) is 13.2 Å². The Bertz CT molecular complexity index is 798. The fourth-order valence-corrected chi connectivity index (χ4v) is 2.91. The van der Waals surface area contributed by atoms with Crippen LogP contribution >= 0.6 is 0 Å². The van der Waals surface area contributed by atoms with Crippen LogP contribution < -0.4 is 15.6 Å². The first kappa shape index (κ1) is 16.2. The van der Waals surface area contributed by atoms with Crippen molar-refractivity contribution >= 4 is 5.91 Å². The van der Waals surface area contributed by atoms with Crippen LogP contribution in [0.4, 0.5) is 0 Å². The van der Waals surface area contributed by atoms with E-state index in [9.17, 15) is 9.59 Å². The van der Waals surface area contributed by atoms with E-state index in [1.165, 1.54) is 4.68 Å². The summed E-state index contributed by atoms with van der Waals surface area (Å²) in [5, 5.41) is 7.22. The smallest absolute Gasteiger partial charge is 0.267 e. The van der Waals surface area contributed by atoms with Crippen molar-refractivity contribution in [3.63, 3.8) is 0 Å². The minimum atomic E-state index is -0.215. The maximum absolute atomic E-state index is 12.3. The van der Waals surface area contributed by atoms with Crippen LogP contribution in [0.15, 0.2) is 35.1 Å². The van der Waals surface area contributed by atoms with Gasteiger partial charge in [0.2, 0.25) is 0 Å². The van der Waals surface area contributed by atoms with Gasteiger partial charge in [0.15, 0.2) is 0 Å². The topological polar surface area (TPSA) is 73.2 Å². The molecule has 1 amide bonds. The van der Waals surface area contributed by atoms with Crippen LogP contribution in [0.2, 0.25) is 0 Å². The number of carbonyl (C=O) groups is 1. The SMILES string of the molecule is CCOc1ccccc1C(=O)NCCn1nc2c(cc1=O)CCC2. The number of nitrogens with one attached hydrogen (secondary N) is 1. The van der Waals surface area contributed by atoms with Crippen molar-refractivity contribution in [2.45, 2.75) is 32.7 Å². The molecule has 0 saturated heterocycles. The highest BCUT2D eigenvalue weighted by Crippen LogP contribution is 2.18. The van der Waals surface area contributed by atoms with E-state index < -0.39 is 0 Å². The molecule has 0 fully saturated rings. The maximum atomic E-state index is 12.3. The fraction of sp³-hybridized carbons (Fsp3) is 0.389. The Morgan fingerprint density at radius 1 is 1.33 bits per heavy atom. The molecule has 1 N–H and O–H groups in total. The van der Waals surface area contributed by atoms with Gasteiger partial charge in [0.1, 0.15) is 5.75 Å². The number of hydrogen-bond donors (Lipinski definition) is 1. The molecule has 1 aliphatic carbocycles. The number of rotatable bonds is 6. The minimum Gasteiger partial charge on any atom is -0.493 e. The highest BCUT2D eigenvalue weighted by molar-refractivity contribution is 5.96. The Balaban J connectivity index is 1.63. The highest BCUT2D eigenvalue weighted by Gasteiger charge is 2.15. The zero-order valence-corrected chi connectivity index (χ0v) is 13.7. The predicted octanol–water partition coefficient (Wildman–Crippen LogP) is 1.56. The van der Waals surface area contributed by atoms with Crippen LogP contribution in [-0.2, 0) is 19.4 Å². The summed E-state index contributed by atoms with van der Waals surface area (Å²) in [4.78, 5) is 24.3. The van der Waals surface area contributed by atoms with E-state index in [2.05, 4.69) is 10.4 Å². The van der Waals surface area contributed by atoms with Gasteiger partial charge in [-0.1, -0.05) is 12.1 Å². The van der Waals surface area contributed by atoms with Gasteiger partial charge in [-0.05, 0) is 43.9 Å². The zero-order chi connectivity index (χ0) is 16.9. The number of nitrogens with zero attached hydrogens (tertiary/aromatic N) is 2. The second kappa shape index (κ2) is 7.29. The Morgan fingerprint density at radius 3 is 3.00 bits per heavy atom. The fourth-order valence-electron chi connectivity index (χ4n) is 2.91. The van der Waals surface area contributed by atoms with Crippen LogP contribution in [0.3, 0.4) is 0 Å². The number of para-hydroxylation sites is 1. The van der Waals surface area contributed by atoms with Gasteiger partial charge < -0.3 is 10.1 Å². The van der Waals surface area contributed by atoms with Gasteiger partial charge in [-0.25, -0.2) is 4.68 Å². The molecular weight excluding hydrogens is 306 g/mol. The Hall–Kier alpha value is -2.63. The largest absolute Gasteiger partial charge is 0.493 e. The van der Waals surface area contributed by atoms with Crippen LogP contribution in [0, 0.1) is 0 Å². The molecule has 0 spiro atoms. The number of aryl methyl sites for hydroxylation is 2. The number of hydrogen-bond acceptors (Lipinski definition) is 4. The maximum Gasteiger partial charge on any atom is 0.267 e. The zero-order valence-electron chi connectivity index (χ0n) is 13.7. The molecule has 24 heavy (non-hydrogen) atoms. The van der Waals surface area contributed by atoms with Crippen molar-refractivity contribution in [3.8, 4) is 5.75 Å². The van der Waals surface area contributed by atoms with Crippen LogP contribution in [0.25, 0.3) is 0 Å². The number of fused-ring (bicyclic) bond motifs is 1. The second-order valence-electron chi connectivity index (χ2n) is 5.72. The Kier molecular flexibility index (Phi) is 4.93. The van der Waals surface area contributed by atoms with Gasteiger partial charge in [0.25, 0.3) is 11.5 Å². The predicted molar refractivity (Wildman–Crippen MR) is 90.5 cm³/mol. The number of benzene rings is 1. The molecule has 6 nitrogen and oxygen atoms in total. The van der Waals surface area contributed by atoms with E-state index in [-0.39, 0.29) is 11.5 Å². The standard InChI is InChI=1S/C18H21N3O3/c1-2-24-16-9-4-3-7-14(16)18(23)19-10-11-21-17(22)12-13-6-5-8-15(13)20-21/h3-4,7,9,12H,2,5-6,8,10-11H2,1H3,(H,19,23). The molecule has 3 rings (SSSR count). The summed E-state index contributed by atoms with van der Waals surface area (Å²) < 4.78 is 6.89. The third-order valence-corrected chi connectivity index (χ3v) is 4.06. The van der Waals surface area contributed by atoms with Gasteiger partial charge in [-0.2, -0.15) is 5.10 Å². The van der Waals surface area contributed by atoms with Gasteiger partial charge in [0, 0.05) is 12.6 Å². The van der Waals surface area contributed by atoms with Crippen molar-refractivity contribution in [3.05, 3.63) is 57.5 Å². The molecule has 1 aromatic carbocycles. The molecule has 0 saturated carbocycles. The lowest BCUT2D eigenvalue weighted by atomic mass is 10.2. The average Bonchev–Trinajstić information content (AvgIpc) is 3.02. The van der Waals surface area contributed by atoms with Crippen LogP contribution in [0.1, 0.15) is 35.0 Å². The molecule has 0 radical (unpaired) electrons. The quantitative estimate of drug-likeness (QED) is 0.874. The molecule has 1 aromatic heterocycles. The van der Waals surface area contributed by atoms with Crippen LogP contribution in [0.5, 0.6) is 5.75 Å². The monoisotopic (exact) mass is 327 g/mol. The summed E-state index contributed by atoms with van der Waals surface area (Å²) in [6.45, 7) is 3.07. The minimum absolute atomic E-state index is 0.111. The summed E-state index contributed by atoms with van der Waals surface area (Å²) in [7, 11) is 0. The third kappa shape index (κ3) is 3.48. The second-order valence-corrected chi connectivity index (χ2v) is 5.72. The van der Waals surface area contributed by atoms with E-state index in [0.29, 0.717) is 31.0 Å². The molecule has 6 heteroatoms. The van der Waals surface area contributed by atoms with Gasteiger partial charge in [-0.15, -0.1) is 0 Å². The van der Waals surface area contributed by atoms with Crippen molar-refractivity contribution in [1.29, 1.82) is 0 Å². The number of aromatic nitrogens is 2. The lowest BCUT2D eigenvalue weighted by Gasteiger charge is -2.11. The number of amides is 1. The highest BCUT2D eigenvalue weighted by atomic mass is 16.5. The lowest BCUT2D eigenvalue weighted by Crippen LogP contribution is -2.32. The van der Waals surface area contributed by atoms with E-state index in [0.717, 1.165) is 30.5 Å². The Labute approximate surface area is 140 Å². The molecule has 2 aromatic rings. The lowest BCUT2D eigenvalue weighted by molar-refractivity contribution is 0.0948. The van der Waals surface area contributed by atoms with Crippen molar-refractivity contribution in [2.24, 2.45) is 0 Å². The van der Waals surface area contributed by atoms with Gasteiger partial charge >= 0.3 is 0 Å². The average molecular weight is 327 g/mol. The molecule has 1 heterocycles. The molecule has 0 unspecified atom stereocenters.